The van der Waals surface area contributed by atoms with Gasteiger partial charge in [0.2, 0.25) is 0 Å². The monoisotopic (exact) mass is 348 g/mol. The van der Waals surface area contributed by atoms with E-state index in [1.54, 1.807) is 35.0 Å². The third-order valence-electron chi connectivity index (χ3n) is 4.65. The van der Waals surface area contributed by atoms with Crippen molar-refractivity contribution in [1.82, 2.24) is 28.9 Å². The normalized spacial score (nSPS) is 12.5. The maximum absolute atomic E-state index is 13.0. The summed E-state index contributed by atoms with van der Waals surface area (Å²) in [5.74, 6) is 0.961. The SMILES string of the molecule is Cc1nccn1CC[C@H](c1ccccc1)n1cnc2cn(C)nc2c1=O. The molecule has 0 saturated carbocycles. The lowest BCUT2D eigenvalue weighted by molar-refractivity contribution is 0.473. The lowest BCUT2D eigenvalue weighted by Gasteiger charge is -2.20. The molecule has 0 unspecified atom stereocenters. The topological polar surface area (TPSA) is 70.5 Å². The Morgan fingerprint density at radius 2 is 1.96 bits per heavy atom. The molecule has 0 aliphatic heterocycles. The summed E-state index contributed by atoms with van der Waals surface area (Å²) >= 11 is 0. The van der Waals surface area contributed by atoms with Crippen molar-refractivity contribution in [3.8, 4) is 0 Å². The maximum atomic E-state index is 13.0. The van der Waals surface area contributed by atoms with Gasteiger partial charge < -0.3 is 4.57 Å². The number of imidazole rings is 1. The van der Waals surface area contributed by atoms with Gasteiger partial charge in [-0.05, 0) is 18.9 Å². The number of nitrogens with zero attached hydrogens (tertiary/aromatic N) is 6. The molecule has 26 heavy (non-hydrogen) atoms. The van der Waals surface area contributed by atoms with Crippen LogP contribution in [0.3, 0.4) is 0 Å². The minimum Gasteiger partial charge on any atom is -0.335 e. The Kier molecular flexibility index (Phi) is 4.12. The predicted octanol–water partition coefficient (Wildman–Crippen LogP) is 2.31. The second kappa shape index (κ2) is 6.59. The Hall–Kier alpha value is -3.22. The second-order valence-electron chi connectivity index (χ2n) is 6.38. The number of hydrogen-bond acceptors (Lipinski definition) is 4. The highest BCUT2D eigenvalue weighted by Gasteiger charge is 2.18. The van der Waals surface area contributed by atoms with E-state index in [4.69, 9.17) is 0 Å². The number of rotatable bonds is 5. The number of aromatic nitrogens is 6. The van der Waals surface area contributed by atoms with Crippen LogP contribution >= 0.6 is 0 Å². The van der Waals surface area contributed by atoms with Crippen LogP contribution in [0.25, 0.3) is 11.0 Å². The smallest absolute Gasteiger partial charge is 0.282 e. The van der Waals surface area contributed by atoms with Crippen molar-refractivity contribution < 1.29 is 0 Å². The molecule has 132 valence electrons. The Labute approximate surface area is 150 Å². The zero-order valence-corrected chi connectivity index (χ0v) is 14.8. The van der Waals surface area contributed by atoms with Crippen LogP contribution in [-0.4, -0.2) is 28.9 Å². The van der Waals surface area contributed by atoms with Crippen molar-refractivity contribution in [3.05, 3.63) is 77.0 Å². The Bertz CT molecular complexity index is 1090. The van der Waals surface area contributed by atoms with Crippen molar-refractivity contribution in [1.29, 1.82) is 0 Å². The average Bonchev–Trinajstić information content (AvgIpc) is 3.23. The summed E-state index contributed by atoms with van der Waals surface area (Å²) in [7, 11) is 1.79. The Morgan fingerprint density at radius 1 is 1.15 bits per heavy atom. The first-order valence-electron chi connectivity index (χ1n) is 8.56. The first-order valence-corrected chi connectivity index (χ1v) is 8.56. The van der Waals surface area contributed by atoms with Crippen molar-refractivity contribution >= 4 is 11.0 Å². The van der Waals surface area contributed by atoms with Gasteiger partial charge >= 0.3 is 0 Å². The van der Waals surface area contributed by atoms with Crippen LogP contribution < -0.4 is 5.56 Å². The molecule has 3 aromatic heterocycles. The molecule has 7 heteroatoms. The summed E-state index contributed by atoms with van der Waals surface area (Å²) in [5.41, 5.74) is 1.97. The Balaban J connectivity index is 1.76. The van der Waals surface area contributed by atoms with Crippen LogP contribution in [0.5, 0.6) is 0 Å². The number of benzene rings is 1. The van der Waals surface area contributed by atoms with Gasteiger partial charge in [0.1, 0.15) is 11.3 Å². The molecule has 3 heterocycles. The fraction of sp³-hybridized carbons (Fsp3) is 0.263. The zero-order valence-electron chi connectivity index (χ0n) is 14.8. The van der Waals surface area contributed by atoms with Gasteiger partial charge in [0.15, 0.2) is 5.52 Å². The first kappa shape index (κ1) is 16.3. The third-order valence-corrected chi connectivity index (χ3v) is 4.65. The highest BCUT2D eigenvalue weighted by atomic mass is 16.1. The third kappa shape index (κ3) is 2.92. The van der Waals surface area contributed by atoms with Gasteiger partial charge in [0.05, 0.1) is 18.6 Å². The van der Waals surface area contributed by atoms with Crippen LogP contribution in [0.1, 0.15) is 23.9 Å². The number of aryl methyl sites for hydroxylation is 3. The van der Waals surface area contributed by atoms with E-state index in [2.05, 4.69) is 19.6 Å². The van der Waals surface area contributed by atoms with Crippen molar-refractivity contribution in [2.24, 2.45) is 7.05 Å². The quantitative estimate of drug-likeness (QED) is 0.555. The van der Waals surface area contributed by atoms with Crippen LogP contribution in [0.4, 0.5) is 0 Å². The minimum absolute atomic E-state index is 0.119. The highest BCUT2D eigenvalue weighted by molar-refractivity contribution is 5.71. The molecule has 0 amide bonds. The molecule has 0 saturated heterocycles. The number of fused-ring (bicyclic) bond motifs is 1. The molecule has 0 fully saturated rings. The molecule has 7 nitrogen and oxygen atoms in total. The van der Waals surface area contributed by atoms with Crippen molar-refractivity contribution in [3.63, 3.8) is 0 Å². The molecule has 0 spiro atoms. The maximum Gasteiger partial charge on any atom is 0.282 e. The molecule has 4 rings (SSSR count). The van der Waals surface area contributed by atoms with Crippen LogP contribution in [0, 0.1) is 6.92 Å². The summed E-state index contributed by atoms with van der Waals surface area (Å²) in [5, 5.41) is 4.28. The van der Waals surface area contributed by atoms with E-state index in [9.17, 15) is 4.79 Å². The van der Waals surface area contributed by atoms with E-state index in [1.165, 1.54) is 0 Å². The minimum atomic E-state index is -0.121. The lowest BCUT2D eigenvalue weighted by atomic mass is 10.0. The van der Waals surface area contributed by atoms with Gasteiger partial charge in [-0.2, -0.15) is 5.10 Å². The molecule has 0 radical (unpaired) electrons. The predicted molar refractivity (Wildman–Crippen MR) is 98.9 cm³/mol. The molecule has 0 aliphatic carbocycles. The van der Waals surface area contributed by atoms with E-state index in [-0.39, 0.29) is 11.6 Å². The van der Waals surface area contributed by atoms with E-state index >= 15 is 0 Å². The van der Waals surface area contributed by atoms with Crippen LogP contribution in [0.15, 0.2) is 60.0 Å². The lowest BCUT2D eigenvalue weighted by Crippen LogP contribution is -2.27. The Morgan fingerprint density at radius 3 is 2.69 bits per heavy atom. The molecule has 4 aromatic rings. The average molecular weight is 348 g/mol. The summed E-state index contributed by atoms with van der Waals surface area (Å²) in [4.78, 5) is 21.7. The number of hydrogen-bond donors (Lipinski definition) is 0. The molecule has 0 N–H and O–H groups in total. The van der Waals surface area contributed by atoms with Gasteiger partial charge in [0.25, 0.3) is 5.56 Å². The van der Waals surface area contributed by atoms with Crippen molar-refractivity contribution in [2.75, 3.05) is 0 Å². The highest BCUT2D eigenvalue weighted by Crippen LogP contribution is 2.22. The largest absolute Gasteiger partial charge is 0.335 e. The van der Waals surface area contributed by atoms with Crippen LogP contribution in [-0.2, 0) is 13.6 Å². The summed E-state index contributed by atoms with van der Waals surface area (Å²) < 4.78 is 5.40. The molecule has 0 bridgehead atoms. The van der Waals surface area contributed by atoms with Gasteiger partial charge in [-0.15, -0.1) is 0 Å². The fourth-order valence-corrected chi connectivity index (χ4v) is 3.29. The van der Waals surface area contributed by atoms with E-state index in [0.717, 1.165) is 24.4 Å². The molecular weight excluding hydrogens is 328 g/mol. The van der Waals surface area contributed by atoms with Gasteiger partial charge in [-0.25, -0.2) is 9.97 Å². The molecule has 1 atom stereocenters. The van der Waals surface area contributed by atoms with Crippen LogP contribution in [0.2, 0.25) is 0 Å². The van der Waals surface area contributed by atoms with Gasteiger partial charge in [0, 0.05) is 26.0 Å². The van der Waals surface area contributed by atoms with E-state index in [0.29, 0.717) is 11.0 Å². The molecule has 1 aromatic carbocycles. The van der Waals surface area contributed by atoms with E-state index in [1.807, 2.05) is 43.5 Å². The van der Waals surface area contributed by atoms with E-state index < -0.39 is 0 Å². The summed E-state index contributed by atoms with van der Waals surface area (Å²) in [6.07, 6.45) is 7.89. The van der Waals surface area contributed by atoms with Crippen molar-refractivity contribution in [2.45, 2.75) is 25.9 Å². The van der Waals surface area contributed by atoms with Gasteiger partial charge in [-0.1, -0.05) is 30.3 Å². The summed E-state index contributed by atoms with van der Waals surface area (Å²) in [6, 6.07) is 9.92. The first-order chi connectivity index (χ1) is 12.6. The summed E-state index contributed by atoms with van der Waals surface area (Å²) in [6.45, 7) is 2.74. The second-order valence-corrected chi connectivity index (χ2v) is 6.38. The molecule has 0 aliphatic rings. The molecular formula is C19H20N6O. The van der Waals surface area contributed by atoms with Gasteiger partial charge in [-0.3, -0.25) is 14.0 Å². The standard InChI is InChI=1S/C19H20N6O/c1-14-20-9-11-24(14)10-8-17(15-6-4-3-5-7-15)25-13-21-16-12-23(2)22-18(16)19(25)26/h3-7,9,11-13,17H,8,10H2,1-2H3/t17-/m1/s1. The fourth-order valence-electron chi connectivity index (χ4n) is 3.29. The zero-order chi connectivity index (χ0) is 18.1.